The Labute approximate surface area is 188 Å². The molecule has 0 unspecified atom stereocenters. The van der Waals surface area contributed by atoms with Crippen LogP contribution in [0.1, 0.15) is 28.7 Å². The van der Waals surface area contributed by atoms with Crippen molar-refractivity contribution in [1.82, 2.24) is 4.98 Å². The number of nitrogens with one attached hydrogen (secondary N) is 1. The Morgan fingerprint density at radius 1 is 1.03 bits per heavy atom. The minimum atomic E-state index is 0. The average Bonchev–Trinajstić information content (AvgIpc) is 3.20. The molecule has 0 saturated carbocycles. The Hall–Kier alpha value is -2.61. The van der Waals surface area contributed by atoms with Crippen LogP contribution in [0.4, 0.5) is 5.69 Å². The molecule has 1 aliphatic rings. The predicted octanol–water partition coefficient (Wildman–Crippen LogP) is 4.69. The van der Waals surface area contributed by atoms with Crippen molar-refractivity contribution in [2.75, 3.05) is 5.32 Å². The number of nitrogens with zero attached hydrogens (tertiary/aromatic N) is 2. The largest absolute Gasteiger partial charge is 0.473 e. The van der Waals surface area contributed by atoms with Gasteiger partial charge in [-0.2, -0.15) is 0 Å². The van der Waals surface area contributed by atoms with Gasteiger partial charge in [0.25, 0.3) is 0 Å². The van der Waals surface area contributed by atoms with Gasteiger partial charge in [-0.15, -0.1) is 24.0 Å². The third kappa shape index (κ3) is 5.69. The van der Waals surface area contributed by atoms with Gasteiger partial charge in [0.05, 0.1) is 6.54 Å². The zero-order valence-corrected chi connectivity index (χ0v) is 18.5. The van der Waals surface area contributed by atoms with Crippen LogP contribution in [-0.4, -0.2) is 10.9 Å². The lowest BCUT2D eigenvalue weighted by Gasteiger charge is -2.10. The molecule has 3 aromatic rings. The summed E-state index contributed by atoms with van der Waals surface area (Å²) in [5, 5.41) is 3.19. The van der Waals surface area contributed by atoms with Crippen LogP contribution in [0.2, 0.25) is 0 Å². The first kappa shape index (κ1) is 21.1. The smallest absolute Gasteiger partial charge is 0.218 e. The second kappa shape index (κ2) is 10.2. The standard InChI is InChI=1S/C23H24N4O.HI/c24-23(27-21-12-11-18-8-4-9-19(18)14-21)26-15-20-10-5-13-25-22(20)28-16-17-6-2-1-3-7-17;/h1-3,5-7,10-14H,4,8-9,15-16H2,(H3,24,26,27);1H. The number of rotatable bonds is 6. The van der Waals surface area contributed by atoms with E-state index in [-0.39, 0.29) is 24.0 Å². The van der Waals surface area contributed by atoms with Crippen LogP contribution in [0.3, 0.4) is 0 Å². The second-order valence-corrected chi connectivity index (χ2v) is 6.91. The fourth-order valence-corrected chi connectivity index (χ4v) is 3.41. The van der Waals surface area contributed by atoms with E-state index in [0.717, 1.165) is 23.2 Å². The van der Waals surface area contributed by atoms with E-state index in [1.807, 2.05) is 42.5 Å². The number of halogens is 1. The topological polar surface area (TPSA) is 72.5 Å². The lowest BCUT2D eigenvalue weighted by atomic mass is 10.1. The molecule has 3 N–H and O–H groups in total. The van der Waals surface area contributed by atoms with Crippen LogP contribution in [0.5, 0.6) is 5.88 Å². The first-order valence-electron chi connectivity index (χ1n) is 9.57. The number of pyridine rings is 1. The number of nitrogens with two attached hydrogens (primary N) is 1. The fourth-order valence-electron chi connectivity index (χ4n) is 3.41. The van der Waals surface area contributed by atoms with Crippen molar-refractivity contribution in [2.45, 2.75) is 32.4 Å². The van der Waals surface area contributed by atoms with E-state index in [1.54, 1.807) is 6.20 Å². The van der Waals surface area contributed by atoms with Gasteiger partial charge in [0.2, 0.25) is 5.88 Å². The third-order valence-corrected chi connectivity index (χ3v) is 4.86. The normalized spacial score (nSPS) is 12.8. The second-order valence-electron chi connectivity index (χ2n) is 6.91. The quantitative estimate of drug-likeness (QED) is 0.293. The van der Waals surface area contributed by atoms with Crippen LogP contribution in [0.15, 0.2) is 71.9 Å². The molecule has 0 bridgehead atoms. The van der Waals surface area contributed by atoms with Crippen LogP contribution >= 0.6 is 24.0 Å². The summed E-state index contributed by atoms with van der Waals surface area (Å²) in [5.41, 5.74) is 11.9. The number of guanidine groups is 1. The van der Waals surface area contributed by atoms with E-state index in [2.05, 4.69) is 33.5 Å². The first-order chi connectivity index (χ1) is 13.8. The average molecular weight is 500 g/mol. The Morgan fingerprint density at radius 3 is 2.72 bits per heavy atom. The highest BCUT2D eigenvalue weighted by Crippen LogP contribution is 2.25. The summed E-state index contributed by atoms with van der Waals surface area (Å²) in [6.07, 6.45) is 5.26. The van der Waals surface area contributed by atoms with Crippen molar-refractivity contribution in [2.24, 2.45) is 10.7 Å². The van der Waals surface area contributed by atoms with E-state index >= 15 is 0 Å². The molecular weight excluding hydrogens is 475 g/mol. The number of hydrogen-bond donors (Lipinski definition) is 2. The van der Waals surface area contributed by atoms with E-state index in [4.69, 9.17) is 10.5 Å². The molecule has 4 rings (SSSR count). The molecule has 6 heteroatoms. The van der Waals surface area contributed by atoms with E-state index in [1.165, 1.54) is 24.0 Å². The maximum atomic E-state index is 6.09. The molecular formula is C23H25IN4O. The van der Waals surface area contributed by atoms with Crippen molar-refractivity contribution in [1.29, 1.82) is 0 Å². The molecule has 0 aliphatic heterocycles. The van der Waals surface area contributed by atoms with Crippen molar-refractivity contribution >= 4 is 35.6 Å². The van der Waals surface area contributed by atoms with E-state index in [9.17, 15) is 0 Å². The van der Waals surface area contributed by atoms with Crippen LogP contribution < -0.4 is 15.8 Å². The fraction of sp³-hybridized carbons (Fsp3) is 0.217. The molecule has 0 atom stereocenters. The lowest BCUT2D eigenvalue weighted by Crippen LogP contribution is -2.22. The molecule has 29 heavy (non-hydrogen) atoms. The predicted molar refractivity (Wildman–Crippen MR) is 128 cm³/mol. The number of ether oxygens (including phenoxy) is 1. The highest BCUT2D eigenvalue weighted by molar-refractivity contribution is 14.0. The zero-order valence-electron chi connectivity index (χ0n) is 16.2. The minimum absolute atomic E-state index is 0. The Kier molecular flexibility index (Phi) is 7.46. The molecule has 1 aromatic heterocycles. The Morgan fingerprint density at radius 2 is 1.86 bits per heavy atom. The third-order valence-electron chi connectivity index (χ3n) is 4.86. The molecule has 2 aromatic carbocycles. The monoisotopic (exact) mass is 500 g/mol. The summed E-state index contributed by atoms with van der Waals surface area (Å²) < 4.78 is 5.88. The van der Waals surface area contributed by atoms with Crippen molar-refractivity contribution in [3.05, 3.63) is 89.1 Å². The molecule has 1 aliphatic carbocycles. The molecule has 150 valence electrons. The number of benzene rings is 2. The molecule has 0 amide bonds. The maximum Gasteiger partial charge on any atom is 0.218 e. The van der Waals surface area contributed by atoms with Gasteiger partial charge in [-0.25, -0.2) is 9.98 Å². The maximum absolute atomic E-state index is 6.09. The van der Waals surface area contributed by atoms with Crippen LogP contribution in [0.25, 0.3) is 0 Å². The van der Waals surface area contributed by atoms with Gasteiger partial charge in [-0.3, -0.25) is 0 Å². The molecule has 0 saturated heterocycles. The summed E-state index contributed by atoms with van der Waals surface area (Å²) in [6, 6.07) is 20.3. The van der Waals surface area contributed by atoms with Gasteiger partial charge in [0.15, 0.2) is 5.96 Å². The number of aromatic nitrogens is 1. The van der Waals surface area contributed by atoms with Gasteiger partial charge in [0.1, 0.15) is 6.61 Å². The van der Waals surface area contributed by atoms with E-state index in [0.29, 0.717) is 25.0 Å². The number of hydrogen-bond acceptors (Lipinski definition) is 3. The SMILES string of the molecule is I.NC(=NCc1cccnc1OCc1ccccc1)Nc1ccc2c(c1)CCC2. The van der Waals surface area contributed by atoms with Gasteiger partial charge >= 0.3 is 0 Å². The molecule has 0 radical (unpaired) electrons. The summed E-state index contributed by atoms with van der Waals surface area (Å²) in [7, 11) is 0. The minimum Gasteiger partial charge on any atom is -0.473 e. The van der Waals surface area contributed by atoms with Gasteiger partial charge in [0, 0.05) is 17.4 Å². The van der Waals surface area contributed by atoms with Gasteiger partial charge in [-0.1, -0.05) is 42.5 Å². The first-order valence-corrected chi connectivity index (χ1v) is 9.57. The van der Waals surface area contributed by atoms with Crippen LogP contribution in [-0.2, 0) is 26.0 Å². The molecule has 0 spiro atoms. The molecule has 0 fully saturated rings. The van der Waals surface area contributed by atoms with Crippen molar-refractivity contribution in [3.63, 3.8) is 0 Å². The van der Waals surface area contributed by atoms with E-state index < -0.39 is 0 Å². The van der Waals surface area contributed by atoms with Gasteiger partial charge in [-0.05, 0) is 54.2 Å². The van der Waals surface area contributed by atoms with Crippen molar-refractivity contribution < 1.29 is 4.74 Å². The summed E-state index contributed by atoms with van der Waals surface area (Å²) in [4.78, 5) is 8.80. The highest BCUT2D eigenvalue weighted by atomic mass is 127. The number of fused-ring (bicyclic) bond motifs is 1. The zero-order chi connectivity index (χ0) is 19.2. The molecule has 1 heterocycles. The van der Waals surface area contributed by atoms with Crippen molar-refractivity contribution in [3.8, 4) is 5.88 Å². The number of anilines is 1. The Balaban J connectivity index is 0.00000240. The number of aryl methyl sites for hydroxylation is 2. The lowest BCUT2D eigenvalue weighted by molar-refractivity contribution is 0.290. The molecule has 5 nitrogen and oxygen atoms in total. The Bertz CT molecular complexity index is 976. The summed E-state index contributed by atoms with van der Waals surface area (Å²) >= 11 is 0. The summed E-state index contributed by atoms with van der Waals surface area (Å²) in [5.74, 6) is 0.969. The highest BCUT2D eigenvalue weighted by Gasteiger charge is 2.11. The number of aliphatic imine (C=N–C) groups is 1. The van der Waals surface area contributed by atoms with Crippen LogP contribution in [0, 0.1) is 0 Å². The van der Waals surface area contributed by atoms with Gasteiger partial charge < -0.3 is 15.8 Å². The summed E-state index contributed by atoms with van der Waals surface area (Å²) in [6.45, 7) is 0.874.